The normalized spacial score (nSPS) is 17.4. The molecule has 0 aromatic heterocycles. The molecule has 7 heteroatoms. The molecule has 0 bridgehead atoms. The monoisotopic (exact) mass is 405 g/mol. The van der Waals surface area contributed by atoms with Crippen molar-refractivity contribution in [2.75, 3.05) is 32.8 Å². The molecule has 0 spiro atoms. The van der Waals surface area contributed by atoms with Crippen molar-refractivity contribution in [3.8, 4) is 0 Å². The number of rotatable bonds is 5. The van der Waals surface area contributed by atoms with Crippen molar-refractivity contribution in [3.63, 3.8) is 0 Å². The molecule has 1 amide bonds. The van der Waals surface area contributed by atoms with Crippen LogP contribution in [0.5, 0.6) is 0 Å². The minimum Gasteiger partial charge on any atom is -0.379 e. The first-order valence-electron chi connectivity index (χ1n) is 8.70. The summed E-state index contributed by atoms with van der Waals surface area (Å²) >= 11 is 0. The zero-order valence-corrected chi connectivity index (χ0v) is 17.8. The number of ether oxygens (including phenoxy) is 1. The third kappa shape index (κ3) is 7.05. The number of carbonyl (C=O) groups is 1. The van der Waals surface area contributed by atoms with Crippen LogP contribution in [-0.4, -0.2) is 49.7 Å². The van der Waals surface area contributed by atoms with Gasteiger partial charge in [-0.15, -0.1) is 24.8 Å². The lowest BCUT2D eigenvalue weighted by Crippen LogP contribution is -2.51. The van der Waals surface area contributed by atoms with Crippen LogP contribution in [0.3, 0.4) is 0 Å². The molecule has 1 heterocycles. The zero-order valence-electron chi connectivity index (χ0n) is 16.2. The van der Waals surface area contributed by atoms with E-state index >= 15 is 0 Å². The first-order chi connectivity index (χ1) is 11.3. The maximum atomic E-state index is 12.4. The second-order valence-electron chi connectivity index (χ2n) is 7.66. The van der Waals surface area contributed by atoms with Gasteiger partial charge in [0.25, 0.3) is 0 Å². The Balaban J connectivity index is 0.00000312. The molecule has 1 saturated heterocycles. The van der Waals surface area contributed by atoms with Crippen LogP contribution in [0.15, 0.2) is 24.3 Å². The highest BCUT2D eigenvalue weighted by Gasteiger charge is 2.29. The molecule has 2 rings (SSSR count). The summed E-state index contributed by atoms with van der Waals surface area (Å²) in [5.74, 6) is -0.0899. The maximum Gasteiger partial charge on any atom is 0.237 e. The van der Waals surface area contributed by atoms with E-state index in [-0.39, 0.29) is 42.2 Å². The lowest BCUT2D eigenvalue weighted by Gasteiger charge is -2.35. The standard InChI is InChI=1S/C19H31N3O2.2ClH/c1-14-5-7-15(8-6-14)16(22-9-11-24-12-10-22)13-21-18(23)17(20)19(2,3)4;;/h5-8,16-17H,9-13,20H2,1-4H3,(H,21,23);2*1H/t16?,17-;;/m1../s1. The predicted molar refractivity (Wildman–Crippen MR) is 111 cm³/mol. The average molecular weight is 406 g/mol. The summed E-state index contributed by atoms with van der Waals surface area (Å²) in [4.78, 5) is 14.8. The van der Waals surface area contributed by atoms with Gasteiger partial charge in [-0.05, 0) is 17.9 Å². The third-order valence-electron chi connectivity index (χ3n) is 4.63. The van der Waals surface area contributed by atoms with Crippen molar-refractivity contribution < 1.29 is 9.53 Å². The summed E-state index contributed by atoms with van der Waals surface area (Å²) < 4.78 is 5.46. The average Bonchev–Trinajstić information content (AvgIpc) is 2.56. The molecule has 26 heavy (non-hydrogen) atoms. The third-order valence-corrected chi connectivity index (χ3v) is 4.63. The van der Waals surface area contributed by atoms with Gasteiger partial charge in [0.1, 0.15) is 0 Å². The Labute approximate surface area is 169 Å². The Bertz CT molecular complexity index is 541. The topological polar surface area (TPSA) is 67.6 Å². The molecule has 0 radical (unpaired) electrons. The number of halogens is 2. The number of hydrogen-bond acceptors (Lipinski definition) is 4. The van der Waals surface area contributed by atoms with E-state index in [0.29, 0.717) is 6.54 Å². The number of amides is 1. The number of carbonyl (C=O) groups excluding carboxylic acids is 1. The molecular weight excluding hydrogens is 373 g/mol. The van der Waals surface area contributed by atoms with E-state index in [1.54, 1.807) is 0 Å². The highest BCUT2D eigenvalue weighted by molar-refractivity contribution is 5.85. The van der Waals surface area contributed by atoms with E-state index in [0.717, 1.165) is 26.3 Å². The SMILES string of the molecule is Cc1ccc(C(CNC(=O)[C@@H](N)C(C)(C)C)N2CCOCC2)cc1.Cl.Cl. The number of nitrogens with one attached hydrogen (secondary N) is 1. The second-order valence-corrected chi connectivity index (χ2v) is 7.66. The van der Waals surface area contributed by atoms with Crippen LogP contribution in [0.4, 0.5) is 0 Å². The van der Waals surface area contributed by atoms with Crippen LogP contribution in [-0.2, 0) is 9.53 Å². The van der Waals surface area contributed by atoms with Gasteiger partial charge in [-0.1, -0.05) is 50.6 Å². The van der Waals surface area contributed by atoms with Crippen LogP contribution in [0.2, 0.25) is 0 Å². The van der Waals surface area contributed by atoms with E-state index in [4.69, 9.17) is 10.5 Å². The molecule has 1 aliphatic heterocycles. The van der Waals surface area contributed by atoms with Gasteiger partial charge >= 0.3 is 0 Å². The molecule has 1 fully saturated rings. The van der Waals surface area contributed by atoms with Gasteiger partial charge < -0.3 is 15.8 Å². The van der Waals surface area contributed by atoms with Gasteiger partial charge in [0.15, 0.2) is 0 Å². The first-order valence-corrected chi connectivity index (χ1v) is 8.70. The fraction of sp³-hybridized carbons (Fsp3) is 0.632. The number of benzene rings is 1. The number of nitrogens with two attached hydrogens (primary N) is 1. The molecule has 1 aromatic carbocycles. The Morgan fingerprint density at radius 2 is 1.73 bits per heavy atom. The molecular formula is C19H33Cl2N3O2. The second kappa shape index (κ2) is 11.1. The largest absolute Gasteiger partial charge is 0.379 e. The fourth-order valence-electron chi connectivity index (χ4n) is 2.84. The van der Waals surface area contributed by atoms with Gasteiger partial charge in [0.05, 0.1) is 25.3 Å². The summed E-state index contributed by atoms with van der Waals surface area (Å²) in [5.41, 5.74) is 8.27. The van der Waals surface area contributed by atoms with Crippen LogP contribution in [0.25, 0.3) is 0 Å². The van der Waals surface area contributed by atoms with Crippen LogP contribution >= 0.6 is 24.8 Å². The molecule has 3 N–H and O–H groups in total. The number of nitrogens with zero attached hydrogens (tertiary/aromatic N) is 1. The highest BCUT2D eigenvalue weighted by Crippen LogP contribution is 2.22. The van der Waals surface area contributed by atoms with E-state index in [2.05, 4.69) is 41.4 Å². The van der Waals surface area contributed by atoms with Crippen molar-refractivity contribution >= 4 is 30.7 Å². The van der Waals surface area contributed by atoms with Crippen LogP contribution in [0.1, 0.15) is 37.9 Å². The van der Waals surface area contributed by atoms with Crippen molar-refractivity contribution in [1.82, 2.24) is 10.2 Å². The first kappa shape index (κ1) is 25.1. The summed E-state index contributed by atoms with van der Waals surface area (Å²) in [6.45, 7) is 11.8. The van der Waals surface area contributed by atoms with E-state index in [1.165, 1.54) is 11.1 Å². The Morgan fingerprint density at radius 3 is 2.23 bits per heavy atom. The Hall–Kier alpha value is -0.850. The molecule has 1 unspecified atom stereocenters. The van der Waals surface area contributed by atoms with Gasteiger partial charge in [0.2, 0.25) is 5.91 Å². The van der Waals surface area contributed by atoms with E-state index in [9.17, 15) is 4.79 Å². The molecule has 0 saturated carbocycles. The van der Waals surface area contributed by atoms with Gasteiger partial charge in [-0.2, -0.15) is 0 Å². The van der Waals surface area contributed by atoms with Crippen molar-refractivity contribution in [1.29, 1.82) is 0 Å². The van der Waals surface area contributed by atoms with Crippen LogP contribution in [0, 0.1) is 12.3 Å². The predicted octanol–water partition coefficient (Wildman–Crippen LogP) is 2.70. The molecule has 5 nitrogen and oxygen atoms in total. The minimum absolute atomic E-state index is 0. The highest BCUT2D eigenvalue weighted by atomic mass is 35.5. The molecule has 1 aliphatic rings. The number of aryl methyl sites for hydroxylation is 1. The van der Waals surface area contributed by atoms with E-state index in [1.807, 2.05) is 20.8 Å². The number of morpholine rings is 1. The summed E-state index contributed by atoms with van der Waals surface area (Å²) in [7, 11) is 0. The maximum absolute atomic E-state index is 12.4. The molecule has 1 aromatic rings. The molecule has 0 aliphatic carbocycles. The summed E-state index contributed by atoms with van der Waals surface area (Å²) in [6.07, 6.45) is 0. The summed E-state index contributed by atoms with van der Waals surface area (Å²) in [5, 5.41) is 3.05. The van der Waals surface area contributed by atoms with Gasteiger partial charge in [0, 0.05) is 19.6 Å². The van der Waals surface area contributed by atoms with Crippen molar-refractivity contribution in [3.05, 3.63) is 35.4 Å². The summed E-state index contributed by atoms with van der Waals surface area (Å²) in [6, 6.07) is 8.15. The van der Waals surface area contributed by atoms with E-state index < -0.39 is 6.04 Å². The molecule has 2 atom stereocenters. The zero-order chi connectivity index (χ0) is 17.7. The quantitative estimate of drug-likeness (QED) is 0.789. The lowest BCUT2D eigenvalue weighted by molar-refractivity contribution is -0.124. The van der Waals surface area contributed by atoms with Gasteiger partial charge in [-0.3, -0.25) is 9.69 Å². The molecule has 150 valence electrons. The fourth-order valence-corrected chi connectivity index (χ4v) is 2.84. The minimum atomic E-state index is -0.513. The Kier molecular flexibility index (Phi) is 10.7. The smallest absolute Gasteiger partial charge is 0.237 e. The Morgan fingerprint density at radius 1 is 1.19 bits per heavy atom. The van der Waals surface area contributed by atoms with Gasteiger partial charge in [-0.25, -0.2) is 0 Å². The van der Waals surface area contributed by atoms with Crippen molar-refractivity contribution in [2.24, 2.45) is 11.1 Å². The lowest BCUT2D eigenvalue weighted by atomic mass is 9.87. The van der Waals surface area contributed by atoms with Crippen LogP contribution < -0.4 is 11.1 Å². The number of hydrogen-bond donors (Lipinski definition) is 2. The van der Waals surface area contributed by atoms with Crippen molar-refractivity contribution in [2.45, 2.75) is 39.8 Å².